The van der Waals surface area contributed by atoms with Crippen LogP contribution in [0.2, 0.25) is 5.02 Å². The zero-order valence-electron chi connectivity index (χ0n) is 6.92. The minimum absolute atomic E-state index is 0.0225. The SMILES string of the molecule is CS(=O)(=O)Cc1cccc(Br)c1Cl. The fourth-order valence-corrected chi connectivity index (χ4v) is 2.43. The predicted molar refractivity (Wildman–Crippen MR) is 57.7 cm³/mol. The molecule has 0 saturated carbocycles. The van der Waals surface area contributed by atoms with Gasteiger partial charge < -0.3 is 0 Å². The van der Waals surface area contributed by atoms with E-state index < -0.39 is 9.84 Å². The van der Waals surface area contributed by atoms with Crippen molar-refractivity contribution in [3.8, 4) is 0 Å². The lowest BCUT2D eigenvalue weighted by Gasteiger charge is -2.03. The van der Waals surface area contributed by atoms with Crippen molar-refractivity contribution < 1.29 is 8.42 Å². The Labute approximate surface area is 91.0 Å². The van der Waals surface area contributed by atoms with Crippen LogP contribution >= 0.6 is 27.5 Å². The average Bonchev–Trinajstić information content (AvgIpc) is 1.96. The number of hydrogen-bond acceptors (Lipinski definition) is 2. The van der Waals surface area contributed by atoms with Crippen LogP contribution in [0, 0.1) is 0 Å². The summed E-state index contributed by atoms with van der Waals surface area (Å²) >= 11 is 9.11. The summed E-state index contributed by atoms with van der Waals surface area (Å²) in [6, 6.07) is 5.23. The van der Waals surface area contributed by atoms with Crippen LogP contribution in [0.1, 0.15) is 5.56 Å². The van der Waals surface area contributed by atoms with Crippen LogP contribution in [0.4, 0.5) is 0 Å². The van der Waals surface area contributed by atoms with Crippen molar-refractivity contribution >= 4 is 37.4 Å². The summed E-state index contributed by atoms with van der Waals surface area (Å²) in [7, 11) is -3.02. The molecule has 72 valence electrons. The molecule has 5 heteroatoms. The van der Waals surface area contributed by atoms with E-state index in [2.05, 4.69) is 15.9 Å². The van der Waals surface area contributed by atoms with Gasteiger partial charge in [0.2, 0.25) is 0 Å². The van der Waals surface area contributed by atoms with Gasteiger partial charge in [0.1, 0.15) is 0 Å². The number of benzene rings is 1. The first-order valence-corrected chi connectivity index (χ1v) is 6.74. The van der Waals surface area contributed by atoms with Crippen molar-refractivity contribution in [1.29, 1.82) is 0 Å². The van der Waals surface area contributed by atoms with Crippen molar-refractivity contribution in [2.75, 3.05) is 6.26 Å². The van der Waals surface area contributed by atoms with Gasteiger partial charge in [-0.25, -0.2) is 8.42 Å². The molecule has 0 heterocycles. The number of rotatable bonds is 2. The van der Waals surface area contributed by atoms with Gasteiger partial charge in [0.05, 0.1) is 10.8 Å². The molecule has 2 nitrogen and oxygen atoms in total. The van der Waals surface area contributed by atoms with Crippen molar-refractivity contribution in [2.45, 2.75) is 5.75 Å². The summed E-state index contributed by atoms with van der Waals surface area (Å²) in [4.78, 5) is 0. The summed E-state index contributed by atoms with van der Waals surface area (Å²) in [5, 5.41) is 0.466. The lowest BCUT2D eigenvalue weighted by atomic mass is 10.2. The maximum Gasteiger partial charge on any atom is 0.151 e. The van der Waals surface area contributed by atoms with E-state index in [4.69, 9.17) is 11.6 Å². The molecule has 0 radical (unpaired) electrons. The Morgan fingerprint density at radius 2 is 2.08 bits per heavy atom. The van der Waals surface area contributed by atoms with Crippen molar-refractivity contribution in [1.82, 2.24) is 0 Å². The normalized spacial score (nSPS) is 11.6. The van der Waals surface area contributed by atoms with Gasteiger partial charge in [-0.15, -0.1) is 0 Å². The number of hydrogen-bond donors (Lipinski definition) is 0. The monoisotopic (exact) mass is 282 g/mol. The van der Waals surface area contributed by atoms with E-state index in [1.807, 2.05) is 0 Å². The first-order chi connectivity index (χ1) is 5.90. The van der Waals surface area contributed by atoms with Gasteiger partial charge in [0.15, 0.2) is 9.84 Å². The Morgan fingerprint density at radius 3 is 2.62 bits per heavy atom. The van der Waals surface area contributed by atoms with Crippen LogP contribution in [-0.2, 0) is 15.6 Å². The molecule has 0 unspecified atom stereocenters. The van der Waals surface area contributed by atoms with Crippen LogP contribution in [0.15, 0.2) is 22.7 Å². The molecule has 0 saturated heterocycles. The molecule has 0 aliphatic carbocycles. The molecule has 1 aromatic carbocycles. The Bertz CT molecular complexity index is 414. The molecular weight excluding hydrogens is 276 g/mol. The predicted octanol–water partition coefficient (Wildman–Crippen LogP) is 2.65. The fourth-order valence-electron chi connectivity index (χ4n) is 0.942. The Hall–Kier alpha value is -0.0600. The Balaban J connectivity index is 3.10. The zero-order valence-corrected chi connectivity index (χ0v) is 10.1. The zero-order chi connectivity index (χ0) is 10.1. The van der Waals surface area contributed by atoms with E-state index >= 15 is 0 Å². The van der Waals surface area contributed by atoms with Crippen LogP contribution in [0.25, 0.3) is 0 Å². The minimum Gasteiger partial charge on any atom is -0.229 e. The summed E-state index contributed by atoms with van der Waals surface area (Å²) in [6.45, 7) is 0. The van der Waals surface area contributed by atoms with Gasteiger partial charge in [-0.05, 0) is 27.6 Å². The third-order valence-electron chi connectivity index (χ3n) is 1.45. The summed E-state index contributed by atoms with van der Waals surface area (Å²) in [5.74, 6) is -0.0225. The Morgan fingerprint density at radius 1 is 1.46 bits per heavy atom. The molecule has 0 spiro atoms. The van der Waals surface area contributed by atoms with Crippen molar-refractivity contribution in [2.24, 2.45) is 0 Å². The van der Waals surface area contributed by atoms with Gasteiger partial charge in [-0.1, -0.05) is 23.7 Å². The van der Waals surface area contributed by atoms with Gasteiger partial charge in [-0.3, -0.25) is 0 Å². The van der Waals surface area contributed by atoms with E-state index in [0.29, 0.717) is 10.6 Å². The van der Waals surface area contributed by atoms with Crippen LogP contribution in [0.3, 0.4) is 0 Å². The summed E-state index contributed by atoms with van der Waals surface area (Å²) in [6.07, 6.45) is 1.18. The fraction of sp³-hybridized carbons (Fsp3) is 0.250. The highest BCUT2D eigenvalue weighted by Crippen LogP contribution is 2.26. The Kier molecular flexibility index (Phi) is 3.38. The van der Waals surface area contributed by atoms with Crippen LogP contribution in [-0.4, -0.2) is 14.7 Å². The van der Waals surface area contributed by atoms with E-state index in [9.17, 15) is 8.42 Å². The maximum atomic E-state index is 11.0. The van der Waals surface area contributed by atoms with Gasteiger partial charge >= 0.3 is 0 Å². The second-order valence-corrected chi connectivity index (χ2v) is 6.16. The number of halogens is 2. The first-order valence-electron chi connectivity index (χ1n) is 3.51. The van der Waals surface area contributed by atoms with Gasteiger partial charge in [-0.2, -0.15) is 0 Å². The molecule has 1 aromatic rings. The van der Waals surface area contributed by atoms with Crippen LogP contribution in [0.5, 0.6) is 0 Å². The van der Waals surface area contributed by atoms with E-state index in [1.165, 1.54) is 6.26 Å². The molecule has 0 amide bonds. The van der Waals surface area contributed by atoms with Crippen molar-refractivity contribution in [3.63, 3.8) is 0 Å². The highest BCUT2D eigenvalue weighted by atomic mass is 79.9. The largest absolute Gasteiger partial charge is 0.229 e. The second kappa shape index (κ2) is 3.98. The number of sulfone groups is 1. The molecule has 0 aliphatic heterocycles. The standard InChI is InChI=1S/C8H8BrClO2S/c1-13(11,12)5-6-3-2-4-7(9)8(6)10/h2-4H,5H2,1H3. The molecule has 1 rings (SSSR count). The third-order valence-corrected chi connectivity index (χ3v) is 3.62. The average molecular weight is 284 g/mol. The lowest BCUT2D eigenvalue weighted by molar-refractivity contribution is 0.601. The van der Waals surface area contributed by atoms with Crippen LogP contribution < -0.4 is 0 Å². The summed E-state index contributed by atoms with van der Waals surface area (Å²) in [5.41, 5.74) is 0.624. The van der Waals surface area contributed by atoms with Gasteiger partial charge in [0.25, 0.3) is 0 Å². The smallest absolute Gasteiger partial charge is 0.151 e. The molecule has 0 atom stereocenters. The molecule has 0 bridgehead atoms. The molecule has 0 aliphatic rings. The molecular formula is C8H8BrClO2S. The lowest BCUT2D eigenvalue weighted by Crippen LogP contribution is -2.01. The van der Waals surface area contributed by atoms with E-state index in [0.717, 1.165) is 4.47 Å². The second-order valence-electron chi connectivity index (χ2n) is 2.78. The highest BCUT2D eigenvalue weighted by molar-refractivity contribution is 9.10. The highest BCUT2D eigenvalue weighted by Gasteiger charge is 2.09. The van der Waals surface area contributed by atoms with Crippen molar-refractivity contribution in [3.05, 3.63) is 33.3 Å². The molecule has 0 N–H and O–H groups in total. The first kappa shape index (κ1) is 11.0. The van der Waals surface area contributed by atoms with Gasteiger partial charge in [0, 0.05) is 10.7 Å². The maximum absolute atomic E-state index is 11.0. The topological polar surface area (TPSA) is 34.1 Å². The molecule has 0 aromatic heterocycles. The van der Waals surface area contributed by atoms with E-state index in [-0.39, 0.29) is 5.75 Å². The van der Waals surface area contributed by atoms with E-state index in [1.54, 1.807) is 18.2 Å². The third kappa shape index (κ3) is 3.29. The molecule has 0 fully saturated rings. The minimum atomic E-state index is -3.02. The summed E-state index contributed by atoms with van der Waals surface area (Å²) < 4.78 is 22.7. The molecule has 13 heavy (non-hydrogen) atoms. The quantitative estimate of drug-likeness (QED) is 0.836.